The quantitative estimate of drug-likeness (QED) is 0.717. The molecule has 0 atom stereocenters. The maximum absolute atomic E-state index is 12.8. The highest BCUT2D eigenvalue weighted by Gasteiger charge is 2.35. The number of imide groups is 1. The largest absolute Gasteiger partial charge is 0.349 e. The molecular weight excluding hydrogens is 402 g/mol. The fourth-order valence-corrected chi connectivity index (χ4v) is 4.05. The molecule has 0 radical (unpaired) electrons. The minimum Gasteiger partial charge on any atom is -0.349 e. The van der Waals surface area contributed by atoms with Gasteiger partial charge in [0.2, 0.25) is 0 Å². The Labute approximate surface area is 182 Å². The molecule has 158 valence electrons. The van der Waals surface area contributed by atoms with Crippen LogP contribution in [0.15, 0.2) is 48.5 Å². The van der Waals surface area contributed by atoms with E-state index in [9.17, 15) is 14.4 Å². The number of hydrogen-bond donors (Lipinski definition) is 2. The number of nitrogens with one attached hydrogen (secondary N) is 1. The van der Waals surface area contributed by atoms with Crippen LogP contribution < -0.4 is 11.1 Å². The van der Waals surface area contributed by atoms with Gasteiger partial charge in [0.25, 0.3) is 17.7 Å². The number of benzene rings is 2. The summed E-state index contributed by atoms with van der Waals surface area (Å²) in [6, 6.07) is 14.8. The van der Waals surface area contributed by atoms with Gasteiger partial charge in [-0.25, -0.2) is 0 Å². The van der Waals surface area contributed by atoms with Crippen LogP contribution in [0.5, 0.6) is 0 Å². The summed E-state index contributed by atoms with van der Waals surface area (Å²) in [5, 5.41) is 3.03. The average molecular weight is 428 g/mol. The van der Waals surface area contributed by atoms with Crippen LogP contribution in [-0.2, 0) is 6.42 Å². The Balaban J connectivity index is 0.00000256. The van der Waals surface area contributed by atoms with Crippen LogP contribution in [0.4, 0.5) is 0 Å². The van der Waals surface area contributed by atoms with Gasteiger partial charge in [0.15, 0.2) is 0 Å². The number of amides is 3. The molecule has 0 bridgehead atoms. The van der Waals surface area contributed by atoms with Gasteiger partial charge in [-0.3, -0.25) is 19.3 Å². The number of rotatable bonds is 5. The van der Waals surface area contributed by atoms with E-state index in [1.807, 2.05) is 30.3 Å². The van der Waals surface area contributed by atoms with Gasteiger partial charge in [0.05, 0.1) is 11.1 Å². The van der Waals surface area contributed by atoms with Crippen molar-refractivity contribution in [3.63, 3.8) is 0 Å². The average Bonchev–Trinajstić information content (AvgIpc) is 2.98. The number of hydrogen-bond acceptors (Lipinski definition) is 4. The fourth-order valence-electron chi connectivity index (χ4n) is 4.05. The highest BCUT2D eigenvalue weighted by atomic mass is 35.5. The van der Waals surface area contributed by atoms with Gasteiger partial charge in [-0.2, -0.15) is 0 Å². The van der Waals surface area contributed by atoms with Crippen LogP contribution >= 0.6 is 12.4 Å². The molecule has 0 spiro atoms. The second kappa shape index (κ2) is 9.41. The Bertz CT molecular complexity index is 940. The summed E-state index contributed by atoms with van der Waals surface area (Å²) in [6.45, 7) is 0.320. The van der Waals surface area contributed by atoms with E-state index < -0.39 is 0 Å². The predicted octanol–water partition coefficient (Wildman–Crippen LogP) is 2.95. The van der Waals surface area contributed by atoms with Crippen molar-refractivity contribution in [2.75, 3.05) is 6.54 Å². The summed E-state index contributed by atoms with van der Waals surface area (Å²) in [6.07, 6.45) is 4.13. The highest BCUT2D eigenvalue weighted by molar-refractivity contribution is 6.22. The van der Waals surface area contributed by atoms with Crippen LogP contribution in [0.1, 0.15) is 62.3 Å². The van der Waals surface area contributed by atoms with Crippen molar-refractivity contribution in [2.24, 2.45) is 5.73 Å². The second-order valence-electron chi connectivity index (χ2n) is 7.84. The lowest BCUT2D eigenvalue weighted by atomic mass is 9.91. The minimum absolute atomic E-state index is 0. The maximum atomic E-state index is 12.8. The molecule has 1 saturated carbocycles. The smallest absolute Gasteiger partial charge is 0.261 e. The number of nitrogens with zero attached hydrogens (tertiary/aromatic N) is 1. The van der Waals surface area contributed by atoms with Crippen molar-refractivity contribution in [1.82, 2.24) is 10.2 Å². The Morgan fingerprint density at radius 2 is 1.63 bits per heavy atom. The molecule has 0 saturated heterocycles. The van der Waals surface area contributed by atoms with E-state index in [2.05, 4.69) is 5.32 Å². The third-order valence-corrected chi connectivity index (χ3v) is 5.81. The van der Waals surface area contributed by atoms with Crippen molar-refractivity contribution in [3.8, 4) is 0 Å². The van der Waals surface area contributed by atoms with E-state index in [4.69, 9.17) is 5.73 Å². The molecule has 4 rings (SSSR count). The van der Waals surface area contributed by atoms with E-state index in [1.54, 1.807) is 18.2 Å². The van der Waals surface area contributed by atoms with E-state index in [0.717, 1.165) is 31.2 Å². The Morgan fingerprint density at radius 3 is 2.33 bits per heavy atom. The Morgan fingerprint density at radius 1 is 0.967 bits per heavy atom. The van der Waals surface area contributed by atoms with Crippen LogP contribution in [0.25, 0.3) is 0 Å². The summed E-state index contributed by atoms with van der Waals surface area (Å²) in [4.78, 5) is 39.3. The Hall–Kier alpha value is -2.70. The number of carbonyl (C=O) groups excluding carboxylic acids is 3. The SMILES string of the molecule is Cl.NC1CCC(NC(=O)c2ccc3c(c2)C(=O)N(CCc2ccccc2)C3=O)CC1. The van der Waals surface area contributed by atoms with Gasteiger partial charge in [-0.1, -0.05) is 30.3 Å². The van der Waals surface area contributed by atoms with Crippen LogP contribution in [0.3, 0.4) is 0 Å². The zero-order valence-corrected chi connectivity index (χ0v) is 17.5. The van der Waals surface area contributed by atoms with Gasteiger partial charge < -0.3 is 11.1 Å². The molecule has 2 aromatic carbocycles. The monoisotopic (exact) mass is 427 g/mol. The summed E-state index contributed by atoms with van der Waals surface area (Å²) < 4.78 is 0. The zero-order valence-electron chi connectivity index (χ0n) is 16.7. The van der Waals surface area contributed by atoms with E-state index in [0.29, 0.717) is 29.7 Å². The molecule has 2 aliphatic rings. The molecule has 3 amide bonds. The minimum atomic E-state index is -0.334. The highest BCUT2D eigenvalue weighted by Crippen LogP contribution is 2.25. The molecule has 1 aliphatic carbocycles. The first kappa shape index (κ1) is 22.0. The van der Waals surface area contributed by atoms with Crippen molar-refractivity contribution < 1.29 is 14.4 Å². The third-order valence-electron chi connectivity index (χ3n) is 5.81. The molecule has 2 aromatic rings. The molecular formula is C23H26ClN3O3. The third kappa shape index (κ3) is 4.55. The molecule has 1 aliphatic heterocycles. The summed E-state index contributed by atoms with van der Waals surface area (Å²) >= 11 is 0. The zero-order chi connectivity index (χ0) is 20.4. The first-order valence-corrected chi connectivity index (χ1v) is 10.1. The number of halogens is 1. The van der Waals surface area contributed by atoms with Gasteiger partial charge in [0.1, 0.15) is 0 Å². The number of nitrogens with two attached hydrogens (primary N) is 1. The normalized spacial score (nSPS) is 20.5. The summed E-state index contributed by atoms with van der Waals surface area (Å²) in [7, 11) is 0. The second-order valence-corrected chi connectivity index (χ2v) is 7.84. The van der Waals surface area contributed by atoms with Crippen molar-refractivity contribution in [3.05, 3.63) is 70.8 Å². The maximum Gasteiger partial charge on any atom is 0.261 e. The lowest BCUT2D eigenvalue weighted by Gasteiger charge is -2.26. The van der Waals surface area contributed by atoms with E-state index >= 15 is 0 Å². The van der Waals surface area contributed by atoms with Crippen LogP contribution in [0.2, 0.25) is 0 Å². The summed E-state index contributed by atoms with van der Waals surface area (Å²) in [5.41, 5.74) is 8.06. The lowest BCUT2D eigenvalue weighted by molar-refractivity contribution is 0.0656. The summed E-state index contributed by atoms with van der Waals surface area (Å²) in [5.74, 6) is -0.843. The predicted molar refractivity (Wildman–Crippen MR) is 117 cm³/mol. The molecule has 7 heteroatoms. The van der Waals surface area contributed by atoms with Gasteiger partial charge in [-0.05, 0) is 55.9 Å². The van der Waals surface area contributed by atoms with E-state index in [-0.39, 0.29) is 42.2 Å². The van der Waals surface area contributed by atoms with Crippen molar-refractivity contribution in [1.29, 1.82) is 0 Å². The first-order chi connectivity index (χ1) is 14.0. The number of carbonyl (C=O) groups is 3. The van der Waals surface area contributed by atoms with Gasteiger partial charge in [0, 0.05) is 24.2 Å². The molecule has 30 heavy (non-hydrogen) atoms. The van der Waals surface area contributed by atoms with Crippen molar-refractivity contribution in [2.45, 2.75) is 44.2 Å². The molecule has 1 heterocycles. The lowest BCUT2D eigenvalue weighted by Crippen LogP contribution is -2.40. The first-order valence-electron chi connectivity index (χ1n) is 10.1. The molecule has 1 fully saturated rings. The number of fused-ring (bicyclic) bond motifs is 1. The molecule has 6 nitrogen and oxygen atoms in total. The Kier molecular flexibility index (Phi) is 6.90. The van der Waals surface area contributed by atoms with Crippen LogP contribution in [-0.4, -0.2) is 41.2 Å². The topological polar surface area (TPSA) is 92.5 Å². The van der Waals surface area contributed by atoms with E-state index in [1.165, 1.54) is 4.90 Å². The van der Waals surface area contributed by atoms with Gasteiger partial charge in [-0.15, -0.1) is 12.4 Å². The standard InChI is InChI=1S/C23H25N3O3.ClH/c24-17-7-9-18(10-8-17)25-21(27)16-6-11-19-20(14-16)23(29)26(22(19)28)13-12-15-4-2-1-3-5-15;/h1-6,11,14,17-18H,7-10,12-13,24H2,(H,25,27);1H. The van der Waals surface area contributed by atoms with Crippen LogP contribution in [0, 0.1) is 0 Å². The molecule has 0 aromatic heterocycles. The van der Waals surface area contributed by atoms with Gasteiger partial charge >= 0.3 is 0 Å². The fraction of sp³-hybridized carbons (Fsp3) is 0.348. The molecule has 0 unspecified atom stereocenters. The molecule has 3 N–H and O–H groups in total. The van der Waals surface area contributed by atoms with Crippen molar-refractivity contribution >= 4 is 30.1 Å².